The van der Waals surface area contributed by atoms with Gasteiger partial charge in [0.2, 0.25) is 58.0 Å². The molecule has 0 aliphatic carbocycles. The van der Waals surface area contributed by atoms with Crippen molar-refractivity contribution in [2.75, 3.05) is 0 Å². The van der Waals surface area contributed by atoms with Gasteiger partial charge < -0.3 is 43.4 Å². The molecule has 2 aromatic carbocycles. The summed E-state index contributed by atoms with van der Waals surface area (Å²) in [6.07, 6.45) is -5.29. The Morgan fingerprint density at radius 1 is 0.377 bits per heavy atom. The Hall–Kier alpha value is -5.24. The predicted molar refractivity (Wildman–Crippen MR) is 163 cm³/mol. The normalized spacial score (nSPS) is 11.5. The van der Waals surface area contributed by atoms with Gasteiger partial charge in [0.1, 0.15) is 22.4 Å². The van der Waals surface area contributed by atoms with Crippen molar-refractivity contribution in [1.29, 1.82) is 0 Å². The smallest absolute Gasteiger partial charge is 0.503 e. The van der Waals surface area contributed by atoms with Gasteiger partial charge in [0, 0.05) is 0 Å². The summed E-state index contributed by atoms with van der Waals surface area (Å²) in [6.45, 7) is 18.6. The van der Waals surface area contributed by atoms with Gasteiger partial charge in [-0.2, -0.15) is 35.1 Å². The molecule has 21 heteroatoms. The lowest BCUT2D eigenvalue weighted by molar-refractivity contribution is -0.0295. The Kier molecular flexibility index (Phi) is 16.2. The van der Waals surface area contributed by atoms with Crippen LogP contribution in [0.15, 0.2) is 0 Å². The second-order valence-corrected chi connectivity index (χ2v) is 14.0. The minimum absolute atomic E-state index is 0.695. The van der Waals surface area contributed by atoms with Crippen LogP contribution in [-0.2, 0) is 23.7 Å². The molecule has 0 fully saturated rings. The summed E-state index contributed by atoms with van der Waals surface area (Å²) in [5, 5.41) is 16.7. The highest BCUT2D eigenvalue weighted by Crippen LogP contribution is 2.36. The minimum Gasteiger partial charge on any atom is -0.503 e. The Bertz CT molecular complexity index is 1450. The van der Waals surface area contributed by atoms with E-state index in [0.29, 0.717) is 0 Å². The van der Waals surface area contributed by atoms with Crippen molar-refractivity contribution in [2.45, 2.75) is 105 Å². The molecule has 0 heterocycles. The van der Waals surface area contributed by atoms with E-state index in [1.54, 1.807) is 41.5 Å². The molecular formula is C32H38F8O13. The quantitative estimate of drug-likeness (QED) is 0.0562. The lowest BCUT2D eigenvalue weighted by Crippen LogP contribution is -2.29. The number of carbonyl (C=O) groups excluding carboxylic acids is 4. The van der Waals surface area contributed by atoms with E-state index in [0.717, 1.165) is 0 Å². The molecule has 0 aliphatic heterocycles. The van der Waals surface area contributed by atoms with Gasteiger partial charge in [-0.25, -0.2) is 19.2 Å². The minimum atomic E-state index is -2.09. The highest BCUT2D eigenvalue weighted by atomic mass is 19.2. The third-order valence-corrected chi connectivity index (χ3v) is 4.50. The van der Waals surface area contributed by atoms with Crippen LogP contribution in [0.1, 0.15) is 83.1 Å². The van der Waals surface area contributed by atoms with Crippen LogP contribution in [0.3, 0.4) is 0 Å². The van der Waals surface area contributed by atoms with Crippen LogP contribution in [0.2, 0.25) is 0 Å². The second kappa shape index (κ2) is 18.0. The molecule has 2 rings (SSSR count). The standard InChI is InChI=1S/C16H18F4O6.C10H18O5.C6H2F4O2/c1-15(2,3)25-13(21)23-11-7(17)9(19)12(10(20)8(11)18)24-14(22)26-16(4,5)6;1-9(2,3)14-7(11)13-8(12)15-10(4,5)6;7-1-2(8)6(12)4(10)3(9)5(1)11/h1-6H3;1-6H3;11-12H. The Morgan fingerprint density at radius 3 is 0.755 bits per heavy atom. The maximum atomic E-state index is 13.9. The van der Waals surface area contributed by atoms with Crippen molar-refractivity contribution in [3.63, 3.8) is 0 Å². The fourth-order valence-corrected chi connectivity index (χ4v) is 2.70. The molecule has 0 unspecified atom stereocenters. The number of benzene rings is 2. The summed E-state index contributed by atoms with van der Waals surface area (Å²) in [5.74, 6) is -23.4. The Morgan fingerprint density at radius 2 is 0.566 bits per heavy atom. The number of phenols is 2. The molecule has 300 valence electrons. The zero-order valence-electron chi connectivity index (χ0n) is 30.4. The first kappa shape index (κ1) is 47.8. The lowest BCUT2D eigenvalue weighted by Gasteiger charge is -2.20. The van der Waals surface area contributed by atoms with Gasteiger partial charge in [0.25, 0.3) is 0 Å². The van der Waals surface area contributed by atoms with Crippen LogP contribution >= 0.6 is 0 Å². The Labute approximate surface area is 297 Å². The molecular weight excluding hydrogens is 744 g/mol. The number of rotatable bonds is 2. The monoisotopic (exact) mass is 782 g/mol. The molecule has 0 bridgehead atoms. The van der Waals surface area contributed by atoms with Crippen LogP contribution in [0.4, 0.5) is 54.3 Å². The average molecular weight is 783 g/mol. The van der Waals surface area contributed by atoms with Crippen molar-refractivity contribution in [3.8, 4) is 23.0 Å². The van der Waals surface area contributed by atoms with Crippen LogP contribution in [0.25, 0.3) is 0 Å². The van der Waals surface area contributed by atoms with E-state index in [9.17, 15) is 54.3 Å². The van der Waals surface area contributed by atoms with Gasteiger partial charge in [-0.15, -0.1) is 0 Å². The largest absolute Gasteiger partial charge is 0.519 e. The molecule has 0 amide bonds. The molecule has 53 heavy (non-hydrogen) atoms. The third-order valence-electron chi connectivity index (χ3n) is 4.50. The number of ether oxygens (including phenoxy) is 7. The first-order valence-corrected chi connectivity index (χ1v) is 14.6. The highest BCUT2D eigenvalue weighted by Gasteiger charge is 2.33. The molecule has 0 atom stereocenters. The zero-order chi connectivity index (χ0) is 42.2. The summed E-state index contributed by atoms with van der Waals surface area (Å²) >= 11 is 0. The molecule has 13 nitrogen and oxygen atoms in total. The van der Waals surface area contributed by atoms with Gasteiger partial charge in [-0.05, 0) is 83.1 Å². The first-order chi connectivity index (χ1) is 23.6. The van der Waals surface area contributed by atoms with E-state index in [-0.39, 0.29) is 0 Å². The van der Waals surface area contributed by atoms with Crippen LogP contribution in [0.5, 0.6) is 23.0 Å². The number of carbonyl (C=O) groups is 4. The topological polar surface area (TPSA) is 173 Å². The van der Waals surface area contributed by atoms with E-state index in [1.165, 1.54) is 41.5 Å². The number of aromatic hydroxyl groups is 2. The van der Waals surface area contributed by atoms with Crippen LogP contribution in [-0.4, -0.2) is 57.2 Å². The number of halogens is 8. The van der Waals surface area contributed by atoms with Crippen LogP contribution < -0.4 is 9.47 Å². The summed E-state index contributed by atoms with van der Waals surface area (Å²) in [5.41, 5.74) is -3.56. The van der Waals surface area contributed by atoms with Crippen molar-refractivity contribution < 1.29 is 97.7 Å². The molecule has 0 radical (unpaired) electrons. The number of phenolic OH excluding ortho intramolecular Hbond substituents is 2. The SMILES string of the molecule is CC(C)(C)OC(=O)OC(=O)OC(C)(C)C.CC(C)(C)OC(=O)Oc1c(F)c(F)c(OC(=O)OC(C)(C)C)c(F)c1F.Oc1c(F)c(F)c(O)c(F)c1F. The lowest BCUT2D eigenvalue weighted by atomic mass is 10.2. The summed E-state index contributed by atoms with van der Waals surface area (Å²) in [7, 11) is 0. The molecule has 0 saturated heterocycles. The van der Waals surface area contributed by atoms with Crippen molar-refractivity contribution >= 4 is 24.6 Å². The van der Waals surface area contributed by atoms with Gasteiger partial charge in [-0.3, -0.25) is 0 Å². The van der Waals surface area contributed by atoms with Crippen molar-refractivity contribution in [3.05, 3.63) is 46.5 Å². The molecule has 0 aromatic heterocycles. The van der Waals surface area contributed by atoms with E-state index in [1.807, 2.05) is 0 Å². The van der Waals surface area contributed by atoms with E-state index < -0.39 is 117 Å². The van der Waals surface area contributed by atoms with Crippen molar-refractivity contribution in [2.24, 2.45) is 0 Å². The first-order valence-electron chi connectivity index (χ1n) is 14.6. The zero-order valence-corrected chi connectivity index (χ0v) is 30.4. The maximum absolute atomic E-state index is 13.9. The Balaban J connectivity index is 0.000000845. The fraction of sp³-hybridized carbons (Fsp3) is 0.500. The van der Waals surface area contributed by atoms with E-state index in [2.05, 4.69) is 23.7 Å². The molecule has 2 aromatic rings. The van der Waals surface area contributed by atoms with Gasteiger partial charge in [-0.1, -0.05) is 0 Å². The average Bonchev–Trinajstić information content (AvgIpc) is 2.94. The summed E-state index contributed by atoms with van der Waals surface area (Å²) in [4.78, 5) is 44.9. The molecule has 2 N–H and O–H groups in total. The predicted octanol–water partition coefficient (Wildman–Crippen LogP) is 9.40. The van der Waals surface area contributed by atoms with E-state index in [4.69, 9.17) is 19.7 Å². The maximum Gasteiger partial charge on any atom is 0.519 e. The third kappa shape index (κ3) is 16.8. The van der Waals surface area contributed by atoms with Gasteiger partial charge in [0.15, 0.2) is 11.5 Å². The van der Waals surface area contributed by atoms with Crippen LogP contribution in [0, 0.1) is 46.5 Å². The molecule has 0 aliphatic rings. The number of hydrogen-bond acceptors (Lipinski definition) is 13. The van der Waals surface area contributed by atoms with Crippen molar-refractivity contribution in [1.82, 2.24) is 0 Å². The second-order valence-electron chi connectivity index (χ2n) is 14.0. The summed E-state index contributed by atoms with van der Waals surface area (Å²) in [6, 6.07) is 0. The van der Waals surface area contributed by atoms with Gasteiger partial charge in [0.05, 0.1) is 0 Å². The molecule has 0 saturated carbocycles. The fourth-order valence-electron chi connectivity index (χ4n) is 2.70. The molecule has 0 spiro atoms. The highest BCUT2D eigenvalue weighted by molar-refractivity contribution is 5.77. The summed E-state index contributed by atoms with van der Waals surface area (Å²) < 4.78 is 136. The van der Waals surface area contributed by atoms with E-state index >= 15 is 0 Å². The number of hydrogen-bond donors (Lipinski definition) is 2. The van der Waals surface area contributed by atoms with Gasteiger partial charge >= 0.3 is 24.6 Å².